The van der Waals surface area contributed by atoms with Gasteiger partial charge < -0.3 is 15.6 Å². The lowest BCUT2D eigenvalue weighted by atomic mass is 9.98. The van der Waals surface area contributed by atoms with E-state index in [1.807, 2.05) is 26.8 Å². The number of halogens is 2. The van der Waals surface area contributed by atoms with Crippen LogP contribution in [0.15, 0.2) is 52.7 Å². The van der Waals surface area contributed by atoms with E-state index in [1.165, 1.54) is 25.1 Å². The molecule has 0 unspecified atom stereocenters. The topological polar surface area (TPSA) is 129 Å². The van der Waals surface area contributed by atoms with Crippen LogP contribution in [0, 0.1) is 28.4 Å². The lowest BCUT2D eigenvalue weighted by Gasteiger charge is -2.23. The maximum absolute atomic E-state index is 13.9. The van der Waals surface area contributed by atoms with Crippen molar-refractivity contribution in [2.75, 3.05) is 18.1 Å². The Bertz CT molecular complexity index is 1220. The fourth-order valence-corrected chi connectivity index (χ4v) is 2.80. The molecular weight excluding hydrogens is 458 g/mol. The number of nitrogens with two attached hydrogens (primary N) is 1. The molecule has 2 rings (SSSR count). The summed E-state index contributed by atoms with van der Waals surface area (Å²) in [6.07, 6.45) is 0.981. The van der Waals surface area contributed by atoms with Gasteiger partial charge in [-0.1, -0.05) is 20.8 Å². The van der Waals surface area contributed by atoms with Crippen LogP contribution in [-0.4, -0.2) is 36.3 Å². The Balaban J connectivity index is 2.45. The molecule has 0 radical (unpaired) electrons. The van der Waals surface area contributed by atoms with Crippen LogP contribution < -0.4 is 15.4 Å². The summed E-state index contributed by atoms with van der Waals surface area (Å²) in [5.41, 5.74) is 5.42. The fourth-order valence-electron chi connectivity index (χ4n) is 2.80. The highest BCUT2D eigenvalue weighted by molar-refractivity contribution is 6.20. The van der Waals surface area contributed by atoms with Gasteiger partial charge in [0.2, 0.25) is 0 Å². The zero-order valence-corrected chi connectivity index (χ0v) is 19.8. The van der Waals surface area contributed by atoms with Crippen molar-refractivity contribution in [2.45, 2.75) is 27.7 Å². The SMILES string of the molecule is CC(N)=C(C=Nc1ccc(F)cc1F)C(=O)N(CC(=O)O)c1ccc(OCC(C)(C)C)c(C#N)c1. The Labute approximate surface area is 201 Å². The molecule has 0 spiro atoms. The number of aliphatic carboxylic acids is 1. The number of carboxylic acid groups (broad SMARTS) is 1. The maximum Gasteiger partial charge on any atom is 0.323 e. The zero-order valence-electron chi connectivity index (χ0n) is 19.8. The summed E-state index contributed by atoms with van der Waals surface area (Å²) in [4.78, 5) is 29.6. The first-order chi connectivity index (χ1) is 16.3. The van der Waals surface area contributed by atoms with Crippen LogP contribution >= 0.6 is 0 Å². The average Bonchev–Trinajstić information content (AvgIpc) is 2.76. The van der Waals surface area contributed by atoms with E-state index in [4.69, 9.17) is 10.5 Å². The molecule has 3 N–H and O–H groups in total. The van der Waals surface area contributed by atoms with Crippen molar-refractivity contribution in [3.63, 3.8) is 0 Å². The molecule has 10 heteroatoms. The van der Waals surface area contributed by atoms with E-state index in [1.54, 1.807) is 0 Å². The van der Waals surface area contributed by atoms with Gasteiger partial charge in [-0.15, -0.1) is 0 Å². The third kappa shape index (κ3) is 7.64. The number of benzene rings is 2. The van der Waals surface area contributed by atoms with Gasteiger partial charge in [-0.25, -0.2) is 8.78 Å². The second kappa shape index (κ2) is 11.2. The summed E-state index contributed by atoms with van der Waals surface area (Å²) in [7, 11) is 0. The van der Waals surface area contributed by atoms with Crippen LogP contribution in [0.4, 0.5) is 20.2 Å². The standard InChI is InChI=1S/C25H26F2N4O4/c1-15(29)19(12-30-21-7-5-17(26)10-20(21)27)24(34)31(13-23(32)33)18-6-8-22(16(9-18)11-28)35-14-25(2,3)4/h5-10,12H,13-14,29H2,1-4H3,(H,32,33). The smallest absolute Gasteiger partial charge is 0.323 e. The summed E-state index contributed by atoms with van der Waals surface area (Å²) >= 11 is 0. The molecule has 184 valence electrons. The first-order valence-corrected chi connectivity index (χ1v) is 10.5. The van der Waals surface area contributed by atoms with Crippen LogP contribution in [0.25, 0.3) is 0 Å². The highest BCUT2D eigenvalue weighted by Crippen LogP contribution is 2.28. The van der Waals surface area contributed by atoms with E-state index in [2.05, 4.69) is 4.99 Å². The van der Waals surface area contributed by atoms with Crippen molar-refractivity contribution in [3.8, 4) is 11.8 Å². The number of amides is 1. The van der Waals surface area contributed by atoms with Gasteiger partial charge >= 0.3 is 5.97 Å². The van der Waals surface area contributed by atoms with Gasteiger partial charge in [-0.3, -0.25) is 19.5 Å². The molecular formula is C25H26F2N4O4. The van der Waals surface area contributed by atoms with Crippen molar-refractivity contribution >= 4 is 29.5 Å². The highest BCUT2D eigenvalue weighted by atomic mass is 19.1. The summed E-state index contributed by atoms with van der Waals surface area (Å²) < 4.78 is 32.8. The molecule has 0 heterocycles. The summed E-state index contributed by atoms with van der Waals surface area (Å²) in [6.45, 7) is 6.86. The van der Waals surface area contributed by atoms with Crippen molar-refractivity contribution in [1.29, 1.82) is 5.26 Å². The summed E-state index contributed by atoms with van der Waals surface area (Å²) in [5, 5.41) is 19.0. The van der Waals surface area contributed by atoms with Gasteiger partial charge in [-0.05, 0) is 42.7 Å². The molecule has 0 saturated carbocycles. The number of hydrogen-bond acceptors (Lipinski definition) is 6. The number of nitriles is 1. The molecule has 2 aromatic carbocycles. The number of carboxylic acids is 1. The zero-order chi connectivity index (χ0) is 26.3. The summed E-state index contributed by atoms with van der Waals surface area (Å²) in [5.74, 6) is -3.62. The van der Waals surface area contributed by atoms with Crippen LogP contribution in [0.5, 0.6) is 5.75 Å². The largest absolute Gasteiger partial charge is 0.492 e. The summed E-state index contributed by atoms with van der Waals surface area (Å²) in [6, 6.07) is 8.95. The average molecular weight is 485 g/mol. The molecule has 0 aromatic heterocycles. The van der Waals surface area contributed by atoms with Crippen molar-refractivity contribution in [2.24, 2.45) is 16.1 Å². The Morgan fingerprint density at radius 3 is 2.46 bits per heavy atom. The second-order valence-corrected chi connectivity index (χ2v) is 8.88. The van der Waals surface area contributed by atoms with E-state index in [0.29, 0.717) is 12.7 Å². The third-order valence-corrected chi connectivity index (χ3v) is 4.49. The number of carbonyl (C=O) groups excluding carboxylic acids is 1. The molecule has 0 bridgehead atoms. The minimum absolute atomic E-state index is 0.0118. The van der Waals surface area contributed by atoms with Gasteiger partial charge in [-0.2, -0.15) is 5.26 Å². The second-order valence-electron chi connectivity index (χ2n) is 8.88. The van der Waals surface area contributed by atoms with Crippen molar-refractivity contribution in [3.05, 3.63) is 64.9 Å². The molecule has 0 saturated heterocycles. The number of ether oxygens (including phenoxy) is 1. The van der Waals surface area contributed by atoms with E-state index in [0.717, 1.165) is 23.2 Å². The predicted molar refractivity (Wildman–Crippen MR) is 127 cm³/mol. The quantitative estimate of drug-likeness (QED) is 0.424. The molecule has 2 aromatic rings. The first-order valence-electron chi connectivity index (χ1n) is 10.5. The highest BCUT2D eigenvalue weighted by Gasteiger charge is 2.24. The molecule has 0 aliphatic rings. The van der Waals surface area contributed by atoms with E-state index in [9.17, 15) is 28.7 Å². The molecule has 0 aliphatic carbocycles. The van der Waals surface area contributed by atoms with Crippen LogP contribution in [0.3, 0.4) is 0 Å². The number of anilines is 1. The van der Waals surface area contributed by atoms with Gasteiger partial charge in [0.25, 0.3) is 5.91 Å². The number of aliphatic imine (C=N–C) groups is 1. The van der Waals surface area contributed by atoms with Gasteiger partial charge in [0.15, 0.2) is 5.82 Å². The molecule has 8 nitrogen and oxygen atoms in total. The molecule has 0 fully saturated rings. The number of carbonyl (C=O) groups is 2. The Morgan fingerprint density at radius 1 is 1.23 bits per heavy atom. The predicted octanol–water partition coefficient (Wildman–Crippen LogP) is 4.31. The molecule has 35 heavy (non-hydrogen) atoms. The monoisotopic (exact) mass is 484 g/mol. The number of allylic oxidation sites excluding steroid dienone is 1. The van der Waals surface area contributed by atoms with Crippen LogP contribution in [0.2, 0.25) is 0 Å². The lowest BCUT2D eigenvalue weighted by Crippen LogP contribution is -2.38. The van der Waals surface area contributed by atoms with Crippen molar-refractivity contribution in [1.82, 2.24) is 0 Å². The normalized spacial score (nSPS) is 12.1. The molecule has 0 atom stereocenters. The molecule has 0 aliphatic heterocycles. The number of hydrogen-bond donors (Lipinski definition) is 2. The number of rotatable bonds is 8. The van der Waals surface area contributed by atoms with E-state index < -0.39 is 30.1 Å². The van der Waals surface area contributed by atoms with Crippen molar-refractivity contribution < 1.29 is 28.2 Å². The van der Waals surface area contributed by atoms with E-state index >= 15 is 0 Å². The minimum Gasteiger partial charge on any atom is -0.492 e. The first kappa shape index (κ1) is 27.0. The Morgan fingerprint density at radius 2 is 1.91 bits per heavy atom. The van der Waals surface area contributed by atoms with E-state index in [-0.39, 0.29) is 39.4 Å². The van der Waals surface area contributed by atoms with Crippen LogP contribution in [-0.2, 0) is 9.59 Å². The lowest BCUT2D eigenvalue weighted by molar-refractivity contribution is -0.136. The van der Waals surface area contributed by atoms with Gasteiger partial charge in [0.05, 0.1) is 23.4 Å². The Kier molecular flexibility index (Phi) is 8.67. The van der Waals surface area contributed by atoms with Gasteiger partial charge in [0.1, 0.15) is 24.2 Å². The third-order valence-electron chi connectivity index (χ3n) is 4.49. The van der Waals surface area contributed by atoms with Gasteiger partial charge in [0, 0.05) is 23.7 Å². The Hall–Kier alpha value is -4.26. The molecule has 1 amide bonds. The maximum atomic E-state index is 13.9. The van der Waals surface area contributed by atoms with Crippen LogP contribution in [0.1, 0.15) is 33.3 Å². The number of nitrogens with zero attached hydrogens (tertiary/aromatic N) is 3. The fraction of sp³-hybridized carbons (Fsp3) is 0.280. The minimum atomic E-state index is -1.32.